The van der Waals surface area contributed by atoms with Crippen molar-refractivity contribution in [2.75, 3.05) is 4.90 Å². The number of benzene rings is 1. The van der Waals surface area contributed by atoms with Gasteiger partial charge in [-0.3, -0.25) is 14.4 Å². The Morgan fingerprint density at radius 3 is 2.47 bits per heavy atom. The molecule has 1 aliphatic heterocycles. The Hall–Kier alpha value is -2.23. The molecule has 0 radical (unpaired) electrons. The predicted molar refractivity (Wildman–Crippen MR) is 53.5 cm³/mol. The van der Waals surface area contributed by atoms with Gasteiger partial charge in [0.15, 0.2) is 6.29 Å². The van der Waals surface area contributed by atoms with E-state index in [-0.39, 0.29) is 17.3 Å². The highest BCUT2D eigenvalue weighted by atomic mass is 16.2. The summed E-state index contributed by atoms with van der Waals surface area (Å²) in [7, 11) is 0. The average molecular weight is 207 g/mol. The molecule has 0 saturated heterocycles. The zero-order valence-corrected chi connectivity index (χ0v) is 7.48. The highest BCUT2D eigenvalue weighted by Gasteiger charge is 2.26. The topological polar surface area (TPSA) is 54.5 Å². The van der Waals surface area contributed by atoms with Gasteiger partial charge in [0.2, 0.25) is 0 Å². The van der Waals surface area contributed by atoms with Crippen LogP contribution >= 0.6 is 0 Å². The van der Waals surface area contributed by atoms with Crippen LogP contribution in [0.25, 0.3) is 0 Å². The van der Waals surface area contributed by atoms with Crippen LogP contribution in [0.5, 0.6) is 0 Å². The van der Waals surface area contributed by atoms with Crippen molar-refractivity contribution < 1.29 is 18.5 Å². The number of amides is 2. The summed E-state index contributed by atoms with van der Waals surface area (Å²) in [5, 5.41) is 0. The van der Waals surface area contributed by atoms with Gasteiger partial charge in [-0.1, -0.05) is 12.1 Å². The minimum Gasteiger partial charge on any atom is -0.298 e. The van der Waals surface area contributed by atoms with Crippen molar-refractivity contribution in [1.29, 1.82) is 0 Å². The maximum absolute atomic E-state index is 11.5. The van der Waals surface area contributed by atoms with Crippen molar-refractivity contribution in [3.63, 3.8) is 0 Å². The number of aldehydes is 1. The molecule has 0 aliphatic carbocycles. The lowest BCUT2D eigenvalue weighted by atomic mass is 10.2. The van der Waals surface area contributed by atoms with Crippen molar-refractivity contribution in [2.24, 2.45) is 0 Å². The first-order chi connectivity index (χ1) is 8.47. The molecule has 0 N–H and O–H groups in total. The van der Waals surface area contributed by atoms with Crippen LogP contribution in [0.1, 0.15) is 14.5 Å². The molecule has 1 heterocycles. The summed E-state index contributed by atoms with van der Waals surface area (Å²) in [4.78, 5) is 34.6. The molecule has 74 valence electrons. The number of carbonyl (C=O) groups is 3. The SMILES string of the molecule is [3H]c1cc(C=O)c(N2C(=O)C=CC2=O)c([3H])c1[3H]. The molecule has 4 heteroatoms. The summed E-state index contributed by atoms with van der Waals surface area (Å²) < 4.78 is 22.6. The van der Waals surface area contributed by atoms with Crippen molar-refractivity contribution >= 4 is 23.8 Å². The zero-order valence-electron chi connectivity index (χ0n) is 10.5. The van der Waals surface area contributed by atoms with Crippen molar-refractivity contribution in [1.82, 2.24) is 0 Å². The van der Waals surface area contributed by atoms with Gasteiger partial charge in [-0.25, -0.2) is 4.90 Å². The van der Waals surface area contributed by atoms with Crippen LogP contribution < -0.4 is 4.90 Å². The van der Waals surface area contributed by atoms with Crippen LogP contribution in [0.15, 0.2) is 36.3 Å². The number of imide groups is 1. The second kappa shape index (κ2) is 3.49. The summed E-state index contributed by atoms with van der Waals surface area (Å²) >= 11 is 0. The van der Waals surface area contributed by atoms with Crippen LogP contribution in [0, 0.1) is 0 Å². The fourth-order valence-corrected chi connectivity index (χ4v) is 1.25. The molecule has 0 unspecified atom stereocenters. The molecule has 2 amide bonds. The lowest BCUT2D eigenvalue weighted by molar-refractivity contribution is -0.119. The Kier molecular flexibility index (Phi) is 1.46. The summed E-state index contributed by atoms with van der Waals surface area (Å²) in [5.74, 6) is -1.34. The zero-order chi connectivity index (χ0) is 13.4. The highest BCUT2D eigenvalue weighted by Crippen LogP contribution is 2.22. The highest BCUT2D eigenvalue weighted by molar-refractivity contribution is 6.29. The molecular formula is C11H7NO3. The minimum absolute atomic E-state index is 0.133. The number of anilines is 1. The summed E-state index contributed by atoms with van der Waals surface area (Å²) in [6.45, 7) is 0. The monoisotopic (exact) mass is 207 g/mol. The number of carbonyl (C=O) groups excluding carboxylic acids is 3. The number of nitrogens with zero attached hydrogens (tertiary/aromatic N) is 1. The van der Waals surface area contributed by atoms with Gasteiger partial charge in [-0.05, 0) is 12.1 Å². The van der Waals surface area contributed by atoms with E-state index in [9.17, 15) is 14.4 Å². The molecule has 0 bridgehead atoms. The first-order valence-electron chi connectivity index (χ1n) is 5.59. The van der Waals surface area contributed by atoms with E-state index >= 15 is 0 Å². The molecule has 1 aromatic rings. The summed E-state index contributed by atoms with van der Waals surface area (Å²) in [5.41, 5.74) is -0.377. The van der Waals surface area contributed by atoms with E-state index in [0.29, 0.717) is 11.2 Å². The molecule has 1 aromatic carbocycles. The third-order valence-corrected chi connectivity index (χ3v) is 1.91. The quantitative estimate of drug-likeness (QED) is 0.535. The van der Waals surface area contributed by atoms with Crippen LogP contribution in [-0.4, -0.2) is 18.1 Å². The number of hydrogen-bond acceptors (Lipinski definition) is 3. The maximum atomic E-state index is 11.5. The van der Waals surface area contributed by atoms with E-state index in [1.807, 2.05) is 0 Å². The lowest BCUT2D eigenvalue weighted by Crippen LogP contribution is -2.30. The van der Waals surface area contributed by atoms with Crippen LogP contribution in [0.3, 0.4) is 0 Å². The van der Waals surface area contributed by atoms with Gasteiger partial charge < -0.3 is 0 Å². The van der Waals surface area contributed by atoms with Crippen molar-refractivity contribution in [3.05, 3.63) is 41.9 Å². The molecule has 0 spiro atoms. The Labute approximate surface area is 90.0 Å². The molecular weight excluding hydrogens is 194 g/mol. The molecule has 2 rings (SSSR count). The van der Waals surface area contributed by atoms with Gasteiger partial charge in [0, 0.05) is 17.7 Å². The fraction of sp³-hybridized carbons (Fsp3) is 0. The van der Waals surface area contributed by atoms with Gasteiger partial charge in [-0.2, -0.15) is 0 Å². The summed E-state index contributed by atoms with van der Waals surface area (Å²) in [6.07, 6.45) is 2.40. The largest absolute Gasteiger partial charge is 0.298 e. The van der Waals surface area contributed by atoms with Crippen LogP contribution in [0.2, 0.25) is 0 Å². The van der Waals surface area contributed by atoms with Gasteiger partial charge >= 0.3 is 0 Å². The van der Waals surface area contributed by atoms with E-state index in [1.54, 1.807) is 0 Å². The fourth-order valence-electron chi connectivity index (χ4n) is 1.25. The first-order valence-corrected chi connectivity index (χ1v) is 4.09. The lowest BCUT2D eigenvalue weighted by Gasteiger charge is -2.15. The van der Waals surface area contributed by atoms with Gasteiger partial charge in [0.1, 0.15) is 0 Å². The van der Waals surface area contributed by atoms with Gasteiger partial charge in [-0.15, -0.1) is 0 Å². The molecule has 15 heavy (non-hydrogen) atoms. The maximum Gasteiger partial charge on any atom is 0.258 e. The Morgan fingerprint density at radius 1 is 1.20 bits per heavy atom. The predicted octanol–water partition coefficient (Wildman–Crippen LogP) is 0.928. The molecule has 0 aromatic heterocycles. The molecule has 1 aliphatic rings. The molecule has 0 fully saturated rings. The Morgan fingerprint density at radius 2 is 1.87 bits per heavy atom. The van der Waals surface area contributed by atoms with Crippen LogP contribution in [0.4, 0.5) is 5.69 Å². The molecule has 0 atom stereocenters. The summed E-state index contributed by atoms with van der Waals surface area (Å²) in [6, 6.07) is -0.183. The minimum atomic E-state index is -0.672. The molecule has 0 saturated carbocycles. The van der Waals surface area contributed by atoms with E-state index in [0.717, 1.165) is 18.2 Å². The van der Waals surface area contributed by atoms with Crippen LogP contribution in [-0.2, 0) is 9.59 Å². The third kappa shape index (κ3) is 1.46. The normalized spacial score (nSPS) is 17.6. The smallest absolute Gasteiger partial charge is 0.258 e. The number of para-hydroxylation sites is 1. The van der Waals surface area contributed by atoms with Gasteiger partial charge in [0.25, 0.3) is 11.8 Å². The Balaban J connectivity index is 2.71. The van der Waals surface area contributed by atoms with E-state index < -0.39 is 23.9 Å². The average Bonchev–Trinajstić information content (AvgIpc) is 2.66. The standard InChI is InChI=1S/C11H7NO3/c13-7-8-3-1-2-4-9(8)12-10(14)5-6-11(12)15/h1-7H/i1T,2T,4T. The van der Waals surface area contributed by atoms with E-state index in [2.05, 4.69) is 0 Å². The second-order valence-corrected chi connectivity index (χ2v) is 2.81. The first kappa shape index (κ1) is 6.29. The number of hydrogen-bond donors (Lipinski definition) is 0. The van der Waals surface area contributed by atoms with Crippen molar-refractivity contribution in [3.8, 4) is 0 Å². The Bertz CT molecular complexity index is 592. The number of rotatable bonds is 2. The van der Waals surface area contributed by atoms with E-state index in [1.165, 1.54) is 0 Å². The van der Waals surface area contributed by atoms with E-state index in [4.69, 9.17) is 4.11 Å². The van der Waals surface area contributed by atoms with Gasteiger partial charge in [0.05, 0.1) is 9.80 Å². The van der Waals surface area contributed by atoms with Crippen molar-refractivity contribution in [2.45, 2.75) is 0 Å². The second-order valence-electron chi connectivity index (χ2n) is 2.81. The molecule has 4 nitrogen and oxygen atoms in total. The third-order valence-electron chi connectivity index (χ3n) is 1.91.